The summed E-state index contributed by atoms with van der Waals surface area (Å²) in [6.45, 7) is 3.60. The Kier molecular flexibility index (Phi) is 2.84. The first-order chi connectivity index (χ1) is 8.79. The lowest BCUT2D eigenvalue weighted by Crippen LogP contribution is -2.28. The summed E-state index contributed by atoms with van der Waals surface area (Å²) in [4.78, 5) is 2.40. The van der Waals surface area contributed by atoms with Crippen molar-refractivity contribution in [3.05, 3.63) is 53.5 Å². The van der Waals surface area contributed by atoms with Crippen molar-refractivity contribution in [1.29, 1.82) is 0 Å². The molecule has 0 aliphatic carbocycles. The van der Waals surface area contributed by atoms with Crippen LogP contribution in [-0.4, -0.2) is 6.04 Å². The molecule has 2 N–H and O–H groups in total. The fourth-order valence-corrected chi connectivity index (χ4v) is 2.71. The van der Waals surface area contributed by atoms with Gasteiger partial charge < -0.3 is 15.1 Å². The summed E-state index contributed by atoms with van der Waals surface area (Å²) in [6, 6.07) is 11.1. The molecule has 0 spiro atoms. The van der Waals surface area contributed by atoms with Crippen molar-refractivity contribution in [1.82, 2.24) is 0 Å². The number of fused-ring (bicyclic) bond motifs is 1. The van der Waals surface area contributed by atoms with Crippen molar-refractivity contribution in [2.75, 3.05) is 4.90 Å². The van der Waals surface area contributed by atoms with Crippen LogP contribution in [0.15, 0.2) is 41.0 Å². The number of hydrogen-bond donors (Lipinski definition) is 1. The van der Waals surface area contributed by atoms with Crippen LogP contribution >= 0.6 is 0 Å². The topological polar surface area (TPSA) is 42.4 Å². The van der Waals surface area contributed by atoms with Crippen molar-refractivity contribution in [3.63, 3.8) is 0 Å². The molecule has 1 aromatic heterocycles. The number of anilines is 1. The molecule has 0 bridgehead atoms. The molecule has 0 radical (unpaired) electrons. The predicted molar refractivity (Wildman–Crippen MR) is 72.4 cm³/mol. The summed E-state index contributed by atoms with van der Waals surface area (Å²) < 4.78 is 5.56. The molecule has 0 saturated carbocycles. The number of benzene rings is 1. The van der Waals surface area contributed by atoms with Gasteiger partial charge >= 0.3 is 0 Å². The predicted octanol–water partition coefficient (Wildman–Crippen LogP) is 2.69. The van der Waals surface area contributed by atoms with Crippen LogP contribution in [0.3, 0.4) is 0 Å². The Labute approximate surface area is 107 Å². The van der Waals surface area contributed by atoms with Crippen LogP contribution in [0.4, 0.5) is 5.69 Å². The van der Waals surface area contributed by atoms with Gasteiger partial charge in [0.05, 0.1) is 12.8 Å². The number of hydrogen-bond acceptors (Lipinski definition) is 3. The highest BCUT2D eigenvalue weighted by molar-refractivity contribution is 5.59. The van der Waals surface area contributed by atoms with Crippen molar-refractivity contribution in [2.45, 2.75) is 32.5 Å². The first-order valence-corrected chi connectivity index (χ1v) is 6.39. The van der Waals surface area contributed by atoms with Gasteiger partial charge in [0.2, 0.25) is 0 Å². The molecule has 1 unspecified atom stereocenters. The van der Waals surface area contributed by atoms with Crippen LogP contribution in [0.2, 0.25) is 0 Å². The maximum atomic E-state index is 5.72. The standard InChI is InChI=1S/C15H18N2O/c1-11-8-12-4-2-3-5-14(12)17(11)10-15-13(9-16)6-7-18-15/h2-7,11H,8-10,16H2,1H3. The van der Waals surface area contributed by atoms with Gasteiger partial charge in [0.15, 0.2) is 0 Å². The molecule has 2 aromatic rings. The van der Waals surface area contributed by atoms with Gasteiger partial charge in [0, 0.05) is 23.8 Å². The molecular formula is C15H18N2O. The van der Waals surface area contributed by atoms with Gasteiger partial charge in [-0.15, -0.1) is 0 Å². The molecule has 18 heavy (non-hydrogen) atoms. The lowest BCUT2D eigenvalue weighted by molar-refractivity contribution is 0.489. The normalized spacial score (nSPS) is 18.1. The van der Waals surface area contributed by atoms with Crippen molar-refractivity contribution in [2.24, 2.45) is 5.73 Å². The summed E-state index contributed by atoms with van der Waals surface area (Å²) in [6.07, 6.45) is 2.83. The molecule has 0 amide bonds. The molecule has 3 heteroatoms. The van der Waals surface area contributed by atoms with Crippen LogP contribution in [0, 0.1) is 0 Å². The van der Waals surface area contributed by atoms with Crippen LogP contribution in [0.25, 0.3) is 0 Å². The van der Waals surface area contributed by atoms with Crippen LogP contribution < -0.4 is 10.6 Å². The number of para-hydroxylation sites is 1. The fraction of sp³-hybridized carbons (Fsp3) is 0.333. The Bertz CT molecular complexity index is 547. The number of nitrogens with two attached hydrogens (primary N) is 1. The summed E-state index contributed by atoms with van der Waals surface area (Å²) in [5, 5.41) is 0. The van der Waals surface area contributed by atoms with E-state index in [1.807, 2.05) is 6.07 Å². The van der Waals surface area contributed by atoms with E-state index in [2.05, 4.69) is 36.1 Å². The van der Waals surface area contributed by atoms with E-state index in [9.17, 15) is 0 Å². The summed E-state index contributed by atoms with van der Waals surface area (Å²) in [7, 11) is 0. The Morgan fingerprint density at radius 1 is 1.33 bits per heavy atom. The van der Waals surface area contributed by atoms with Crippen molar-refractivity contribution >= 4 is 5.69 Å². The Balaban J connectivity index is 1.89. The van der Waals surface area contributed by atoms with Crippen LogP contribution in [0.5, 0.6) is 0 Å². The zero-order valence-electron chi connectivity index (χ0n) is 10.6. The monoisotopic (exact) mass is 242 g/mol. The Hall–Kier alpha value is -1.74. The van der Waals surface area contributed by atoms with E-state index in [1.54, 1.807) is 6.26 Å². The highest BCUT2D eigenvalue weighted by atomic mass is 16.3. The number of nitrogens with zero attached hydrogens (tertiary/aromatic N) is 1. The van der Waals surface area contributed by atoms with E-state index in [-0.39, 0.29) is 0 Å². The SMILES string of the molecule is CC1Cc2ccccc2N1Cc1occc1CN. The highest BCUT2D eigenvalue weighted by Gasteiger charge is 2.26. The molecule has 1 aliphatic rings. The van der Waals surface area contributed by atoms with E-state index in [0.717, 1.165) is 24.3 Å². The average molecular weight is 242 g/mol. The van der Waals surface area contributed by atoms with Gasteiger partial charge in [-0.3, -0.25) is 0 Å². The Morgan fingerprint density at radius 2 is 2.17 bits per heavy atom. The molecule has 3 rings (SSSR count). The fourth-order valence-electron chi connectivity index (χ4n) is 2.71. The largest absolute Gasteiger partial charge is 0.467 e. The maximum absolute atomic E-state index is 5.72. The third kappa shape index (κ3) is 1.81. The molecule has 0 fully saturated rings. The molecule has 1 aliphatic heterocycles. The van der Waals surface area contributed by atoms with Crippen molar-refractivity contribution < 1.29 is 4.42 Å². The third-order valence-electron chi connectivity index (χ3n) is 3.72. The van der Waals surface area contributed by atoms with E-state index < -0.39 is 0 Å². The minimum Gasteiger partial charge on any atom is -0.467 e. The van der Waals surface area contributed by atoms with Crippen LogP contribution in [0.1, 0.15) is 23.8 Å². The molecule has 3 nitrogen and oxygen atoms in total. The molecule has 0 saturated heterocycles. The maximum Gasteiger partial charge on any atom is 0.127 e. The molecule has 1 aromatic carbocycles. The van der Waals surface area contributed by atoms with Gasteiger partial charge in [-0.25, -0.2) is 0 Å². The second-order valence-electron chi connectivity index (χ2n) is 4.88. The van der Waals surface area contributed by atoms with E-state index in [4.69, 9.17) is 10.2 Å². The van der Waals surface area contributed by atoms with Gasteiger partial charge in [-0.2, -0.15) is 0 Å². The van der Waals surface area contributed by atoms with Gasteiger partial charge in [-0.05, 0) is 31.0 Å². The first-order valence-electron chi connectivity index (χ1n) is 6.39. The number of rotatable bonds is 3. The molecule has 2 heterocycles. The number of furan rings is 1. The zero-order valence-corrected chi connectivity index (χ0v) is 10.6. The summed E-state index contributed by atoms with van der Waals surface area (Å²) in [5.74, 6) is 0.987. The highest BCUT2D eigenvalue weighted by Crippen LogP contribution is 2.33. The van der Waals surface area contributed by atoms with Gasteiger partial charge in [0.25, 0.3) is 0 Å². The minimum atomic E-state index is 0.512. The van der Waals surface area contributed by atoms with E-state index in [1.165, 1.54) is 11.3 Å². The quantitative estimate of drug-likeness (QED) is 0.899. The lowest BCUT2D eigenvalue weighted by atomic mass is 10.1. The second kappa shape index (κ2) is 4.50. The molecule has 1 atom stereocenters. The van der Waals surface area contributed by atoms with Crippen LogP contribution in [-0.2, 0) is 19.5 Å². The third-order valence-corrected chi connectivity index (χ3v) is 3.72. The summed E-state index contributed by atoms with van der Waals surface area (Å²) >= 11 is 0. The minimum absolute atomic E-state index is 0.512. The summed E-state index contributed by atoms with van der Waals surface area (Å²) in [5.41, 5.74) is 9.57. The van der Waals surface area contributed by atoms with Gasteiger partial charge in [0.1, 0.15) is 5.76 Å². The van der Waals surface area contributed by atoms with Gasteiger partial charge in [-0.1, -0.05) is 18.2 Å². The Morgan fingerprint density at radius 3 is 3.00 bits per heavy atom. The average Bonchev–Trinajstić information content (AvgIpc) is 2.95. The molecular weight excluding hydrogens is 224 g/mol. The first kappa shape index (κ1) is 11.4. The smallest absolute Gasteiger partial charge is 0.127 e. The second-order valence-corrected chi connectivity index (χ2v) is 4.88. The lowest BCUT2D eigenvalue weighted by Gasteiger charge is -2.24. The van der Waals surface area contributed by atoms with E-state index in [0.29, 0.717) is 12.6 Å². The zero-order chi connectivity index (χ0) is 12.5. The molecule has 94 valence electrons. The van der Waals surface area contributed by atoms with E-state index >= 15 is 0 Å². The van der Waals surface area contributed by atoms with Crippen molar-refractivity contribution in [3.8, 4) is 0 Å².